The topological polar surface area (TPSA) is 36.9 Å². The molecular formula is C64H52N4OPt. The first-order valence-corrected chi connectivity index (χ1v) is 25.4. The average molecular weight is 1090 g/mol. The molecule has 344 valence electrons. The smallest absolute Gasteiger partial charge is 0.0579 e. The van der Waals surface area contributed by atoms with Crippen LogP contribution in [0.15, 0.2) is 194 Å². The van der Waals surface area contributed by atoms with Crippen molar-refractivity contribution in [2.45, 2.75) is 64.1 Å². The van der Waals surface area contributed by atoms with Crippen molar-refractivity contribution in [1.29, 1.82) is 0 Å². The predicted octanol–water partition coefficient (Wildman–Crippen LogP) is 15.9. The molecule has 0 saturated heterocycles. The number of hydrogen-bond acceptors (Lipinski definition) is 2. The molecule has 0 radical (unpaired) electrons. The van der Waals surface area contributed by atoms with E-state index in [1.54, 1.807) is 12.3 Å². The van der Waals surface area contributed by atoms with E-state index < -0.39 is 6.85 Å². The Balaban J connectivity index is 0.924. The molecule has 8 aromatic carbocycles. The van der Waals surface area contributed by atoms with Crippen LogP contribution in [0.3, 0.4) is 0 Å². The second kappa shape index (κ2) is 16.4. The minimum atomic E-state index is -2.38. The minimum Gasteiger partial charge on any atom is -0.0579 e. The zero-order valence-corrected chi connectivity index (χ0v) is 41.6. The molecule has 6 heteroatoms. The molecule has 5 nitrogen and oxygen atoms in total. The number of aromatic nitrogens is 4. The number of hydrogen-bond donors (Lipinski definition) is 0. The van der Waals surface area contributed by atoms with Gasteiger partial charge in [0.25, 0.3) is 0 Å². The summed E-state index contributed by atoms with van der Waals surface area (Å²) in [4.78, 5) is 5.00. The standard InChI is InChI=1S/C64H52N4O.Pt/c1-42-37-60(65-40-54(42)44-25-28-47(29-26-44)63(2,3)4)68-56-22-11-9-20-52(56)53-32-30-50(39-59(53)68)69-49-19-14-18-48(38-49)66-41-67(58-24-13-12-23-57(58)66)62-51(43-15-6-5-7-16-43)31-27-46-34-36-64(61(46)62)35-33-45-17-8-10-21-55(45)64;/h5-32,37-40H,33-36H2,1-4H3;/i1D3;. The van der Waals surface area contributed by atoms with Gasteiger partial charge >= 0.3 is 324 Å². The number of ether oxygens (including phenoxy) is 1. The number of pyridine rings is 1. The van der Waals surface area contributed by atoms with Crippen LogP contribution in [0.4, 0.5) is 0 Å². The SMILES string of the molecule is [2H]C([2H])([2H])c1cc(-n2c3ccccc3c3ccc(Oc4cccc(-n5[c](=[Pt])n(-c6c(-c7ccccc7)ccc7c6C6(CCc8ccccc86)CC7)c6ccccc65)c4)cc32)ncc1-c1ccc(C(C)(C)C)cc1. The number of para-hydroxylation sites is 3. The van der Waals surface area contributed by atoms with Gasteiger partial charge in [-0.25, -0.2) is 0 Å². The van der Waals surface area contributed by atoms with Gasteiger partial charge in [0.05, 0.1) is 0 Å². The van der Waals surface area contributed by atoms with Crippen molar-refractivity contribution in [2.24, 2.45) is 0 Å². The van der Waals surface area contributed by atoms with E-state index in [4.69, 9.17) is 13.8 Å². The molecular weight excluding hydrogens is 1040 g/mol. The van der Waals surface area contributed by atoms with Gasteiger partial charge < -0.3 is 0 Å². The molecule has 0 fully saturated rings. The van der Waals surface area contributed by atoms with Crippen LogP contribution in [0.2, 0.25) is 0 Å². The van der Waals surface area contributed by atoms with Gasteiger partial charge in [-0.15, -0.1) is 0 Å². The van der Waals surface area contributed by atoms with E-state index in [0.717, 1.165) is 73.6 Å². The van der Waals surface area contributed by atoms with Gasteiger partial charge in [-0.3, -0.25) is 0 Å². The monoisotopic (exact) mass is 1090 g/mol. The quantitative estimate of drug-likeness (QED) is 0.159. The molecule has 11 aromatic rings. The summed E-state index contributed by atoms with van der Waals surface area (Å²) < 4.78 is 41.0. The Morgan fingerprint density at radius 2 is 1.26 bits per heavy atom. The van der Waals surface area contributed by atoms with E-state index in [1.165, 1.54) is 44.6 Å². The van der Waals surface area contributed by atoms with Crippen molar-refractivity contribution < 1.29 is 28.2 Å². The van der Waals surface area contributed by atoms with E-state index in [9.17, 15) is 0 Å². The molecule has 0 bridgehead atoms. The summed E-state index contributed by atoms with van der Waals surface area (Å²) in [7, 11) is 0. The molecule has 70 heavy (non-hydrogen) atoms. The van der Waals surface area contributed by atoms with E-state index in [2.05, 4.69) is 193 Å². The van der Waals surface area contributed by atoms with Crippen LogP contribution in [-0.2, 0) is 43.0 Å². The number of imidazole rings is 1. The Hall–Kier alpha value is -7.33. The maximum absolute atomic E-state index is 8.70. The predicted molar refractivity (Wildman–Crippen MR) is 283 cm³/mol. The third-order valence-electron chi connectivity index (χ3n) is 15.1. The minimum absolute atomic E-state index is 0.0289. The van der Waals surface area contributed by atoms with E-state index in [0.29, 0.717) is 22.9 Å². The summed E-state index contributed by atoms with van der Waals surface area (Å²) in [6, 6.07) is 66.1. The Morgan fingerprint density at radius 3 is 2.06 bits per heavy atom. The summed E-state index contributed by atoms with van der Waals surface area (Å²) in [5.41, 5.74) is 17.3. The van der Waals surface area contributed by atoms with Crippen LogP contribution in [0.5, 0.6) is 11.5 Å². The fourth-order valence-electron chi connectivity index (χ4n) is 11.7. The van der Waals surface area contributed by atoms with Gasteiger partial charge in [0.15, 0.2) is 0 Å². The summed E-state index contributed by atoms with van der Waals surface area (Å²) in [5, 5.41) is 2.05. The molecule has 0 amide bonds. The van der Waals surface area contributed by atoms with Gasteiger partial charge in [0.1, 0.15) is 0 Å². The second-order valence-electron chi connectivity index (χ2n) is 20.0. The Bertz CT molecular complexity index is 4060. The molecule has 2 aliphatic rings. The molecule has 2 aliphatic carbocycles. The van der Waals surface area contributed by atoms with Crippen molar-refractivity contribution in [3.63, 3.8) is 0 Å². The molecule has 3 heterocycles. The Morgan fingerprint density at radius 1 is 0.571 bits per heavy atom. The van der Waals surface area contributed by atoms with Crippen LogP contribution >= 0.6 is 0 Å². The number of aryl methyl sites for hydroxylation is 3. The summed E-state index contributed by atoms with van der Waals surface area (Å²) >= 11 is 2.55. The molecule has 0 N–H and O–H groups in total. The van der Waals surface area contributed by atoms with E-state index >= 15 is 0 Å². The summed E-state index contributed by atoms with van der Waals surface area (Å²) in [6.45, 7) is 4.13. The number of benzene rings is 8. The number of nitrogens with zero attached hydrogens (tertiary/aromatic N) is 4. The number of rotatable bonds is 7. The maximum atomic E-state index is 8.70. The van der Waals surface area contributed by atoms with Crippen LogP contribution in [-0.4, -0.2) is 18.7 Å². The van der Waals surface area contributed by atoms with Gasteiger partial charge in [0.2, 0.25) is 0 Å². The second-order valence-corrected chi connectivity index (χ2v) is 21.1. The average Bonchev–Trinajstić information content (AvgIpc) is 4.15. The molecule has 3 aromatic heterocycles. The molecule has 0 saturated carbocycles. The Kier molecular flexibility index (Phi) is 9.25. The zero-order chi connectivity index (χ0) is 49.8. The molecule has 1 unspecified atom stereocenters. The van der Waals surface area contributed by atoms with E-state index in [1.807, 2.05) is 42.5 Å². The molecule has 1 atom stereocenters. The third-order valence-corrected chi connectivity index (χ3v) is 16.1. The van der Waals surface area contributed by atoms with Crippen LogP contribution in [0.25, 0.3) is 72.3 Å². The molecule has 1 spiro atoms. The van der Waals surface area contributed by atoms with Gasteiger partial charge in [0, 0.05) is 15.9 Å². The van der Waals surface area contributed by atoms with Crippen LogP contribution in [0, 0.1) is 10.7 Å². The first-order chi connectivity index (χ1) is 35.4. The van der Waals surface area contributed by atoms with Gasteiger partial charge in [-0.2, -0.15) is 0 Å². The van der Waals surface area contributed by atoms with Crippen molar-refractivity contribution >= 4 is 32.8 Å². The fraction of sp³-hybridized carbons (Fsp3) is 0.156. The van der Waals surface area contributed by atoms with Crippen molar-refractivity contribution in [1.82, 2.24) is 18.7 Å². The van der Waals surface area contributed by atoms with Crippen molar-refractivity contribution in [3.05, 3.63) is 231 Å². The summed E-state index contributed by atoms with van der Waals surface area (Å²) in [6.07, 6.45) is 6.05. The van der Waals surface area contributed by atoms with Gasteiger partial charge in [-0.1, -0.05) is 57.2 Å². The molecule has 0 aliphatic heterocycles. The normalized spacial score (nSPS) is 16.2. The van der Waals surface area contributed by atoms with Crippen LogP contribution < -0.4 is 4.74 Å². The van der Waals surface area contributed by atoms with Gasteiger partial charge in [-0.05, 0) is 29.0 Å². The van der Waals surface area contributed by atoms with Crippen molar-refractivity contribution in [3.8, 4) is 50.9 Å². The van der Waals surface area contributed by atoms with Crippen molar-refractivity contribution in [2.75, 3.05) is 0 Å². The Labute approximate surface area is 423 Å². The first-order valence-electron chi connectivity index (χ1n) is 25.8. The van der Waals surface area contributed by atoms with Crippen LogP contribution in [0.1, 0.15) is 71.1 Å². The van der Waals surface area contributed by atoms with E-state index in [-0.39, 0.29) is 16.4 Å². The fourth-order valence-corrected chi connectivity index (χ4v) is 12.8. The molecule has 13 rings (SSSR count). The zero-order valence-electron chi connectivity index (χ0n) is 42.3. The first kappa shape index (κ1) is 39.5. The third kappa shape index (κ3) is 6.77. The number of fused-ring (bicyclic) bond motifs is 8. The summed E-state index contributed by atoms with van der Waals surface area (Å²) in [5.74, 6) is 1.87.